The fourth-order valence-corrected chi connectivity index (χ4v) is 4.62. The van der Waals surface area contributed by atoms with E-state index in [9.17, 15) is 14.9 Å². The van der Waals surface area contributed by atoms with Gasteiger partial charge >= 0.3 is 0 Å². The normalized spacial score (nSPS) is 13.6. The molecule has 0 atom stereocenters. The molecule has 1 fully saturated rings. The van der Waals surface area contributed by atoms with Crippen molar-refractivity contribution in [2.24, 2.45) is 0 Å². The predicted octanol–water partition coefficient (Wildman–Crippen LogP) is 4.90. The van der Waals surface area contributed by atoms with E-state index in [0.717, 1.165) is 47.5 Å². The van der Waals surface area contributed by atoms with Gasteiger partial charge in [-0.15, -0.1) is 0 Å². The number of benzene rings is 2. The average Bonchev–Trinajstić information content (AvgIpc) is 2.89. The topological polar surface area (TPSA) is 92.5 Å². The van der Waals surface area contributed by atoms with Crippen LogP contribution in [0.1, 0.15) is 58.3 Å². The lowest BCUT2D eigenvalue weighted by Gasteiger charge is -2.36. The second-order valence-electron chi connectivity index (χ2n) is 9.34. The lowest BCUT2D eigenvalue weighted by atomic mass is 10.0. The van der Waals surface area contributed by atoms with E-state index in [4.69, 9.17) is 4.98 Å². The Labute approximate surface area is 212 Å². The van der Waals surface area contributed by atoms with Crippen molar-refractivity contribution in [3.63, 3.8) is 0 Å². The summed E-state index contributed by atoms with van der Waals surface area (Å²) in [5.41, 5.74) is 4.96. The molecular formula is C28H33N5O3. The lowest BCUT2D eigenvalue weighted by Crippen LogP contribution is -2.49. The second-order valence-corrected chi connectivity index (χ2v) is 9.34. The van der Waals surface area contributed by atoms with Gasteiger partial charge in [0.15, 0.2) is 0 Å². The highest BCUT2D eigenvalue weighted by molar-refractivity contribution is 5.94. The van der Waals surface area contributed by atoms with Gasteiger partial charge in [-0.2, -0.15) is 0 Å². The Morgan fingerprint density at radius 2 is 1.58 bits per heavy atom. The van der Waals surface area contributed by atoms with Crippen LogP contribution in [0.4, 0.5) is 11.5 Å². The molecule has 0 aliphatic carbocycles. The van der Waals surface area contributed by atoms with E-state index in [1.165, 1.54) is 17.7 Å². The molecule has 36 heavy (non-hydrogen) atoms. The number of nitro benzene ring substituents is 1. The molecule has 1 saturated heterocycles. The SMILES string of the molecule is CCCCc1ccc(C(=O)N2CCN(c3nc(C)nc(C)c3Cc3ccc([N+](=O)[O-])cc3)CC2)cc1. The van der Waals surface area contributed by atoms with Gasteiger partial charge < -0.3 is 9.80 Å². The minimum atomic E-state index is -0.392. The van der Waals surface area contributed by atoms with E-state index < -0.39 is 4.92 Å². The summed E-state index contributed by atoms with van der Waals surface area (Å²) < 4.78 is 0. The van der Waals surface area contributed by atoms with Crippen LogP contribution in [0.15, 0.2) is 48.5 Å². The van der Waals surface area contributed by atoms with Crippen molar-refractivity contribution < 1.29 is 9.72 Å². The molecule has 0 bridgehead atoms. The molecule has 1 amide bonds. The number of piperazine rings is 1. The monoisotopic (exact) mass is 487 g/mol. The molecule has 8 nitrogen and oxygen atoms in total. The first kappa shape index (κ1) is 25.3. The standard InChI is InChI=1S/C28H33N5O3/c1-4-5-6-22-7-11-24(12-8-22)28(34)32-17-15-31(16-18-32)27-26(20(2)29-21(3)30-27)19-23-9-13-25(14-10-23)33(35)36/h7-14H,4-6,15-19H2,1-3H3. The van der Waals surface area contributed by atoms with Crippen molar-refractivity contribution >= 4 is 17.4 Å². The number of non-ortho nitro benzene ring substituents is 1. The number of amides is 1. The molecule has 2 heterocycles. The Balaban J connectivity index is 1.45. The number of hydrogen-bond donors (Lipinski definition) is 0. The molecule has 1 aliphatic heterocycles. The third-order valence-corrected chi connectivity index (χ3v) is 6.72. The van der Waals surface area contributed by atoms with Crippen LogP contribution in [0.25, 0.3) is 0 Å². The Bertz CT molecular complexity index is 1220. The van der Waals surface area contributed by atoms with Gasteiger partial charge in [0.2, 0.25) is 0 Å². The van der Waals surface area contributed by atoms with Crippen molar-refractivity contribution in [1.82, 2.24) is 14.9 Å². The largest absolute Gasteiger partial charge is 0.353 e. The predicted molar refractivity (Wildman–Crippen MR) is 141 cm³/mol. The molecule has 0 radical (unpaired) electrons. The van der Waals surface area contributed by atoms with Gasteiger partial charge in [0.25, 0.3) is 11.6 Å². The highest BCUT2D eigenvalue weighted by Gasteiger charge is 2.25. The van der Waals surface area contributed by atoms with Crippen LogP contribution in [0.5, 0.6) is 0 Å². The molecule has 1 aromatic heterocycles. The fraction of sp³-hybridized carbons (Fsp3) is 0.393. The third kappa shape index (κ3) is 5.87. The zero-order valence-electron chi connectivity index (χ0n) is 21.2. The summed E-state index contributed by atoms with van der Waals surface area (Å²) >= 11 is 0. The number of anilines is 1. The van der Waals surface area contributed by atoms with Gasteiger partial charge in [-0.3, -0.25) is 14.9 Å². The van der Waals surface area contributed by atoms with Crippen molar-refractivity contribution in [2.75, 3.05) is 31.1 Å². The van der Waals surface area contributed by atoms with Crippen LogP contribution in [-0.4, -0.2) is 51.9 Å². The summed E-state index contributed by atoms with van der Waals surface area (Å²) in [6.07, 6.45) is 3.95. The Kier molecular flexibility index (Phi) is 7.93. The highest BCUT2D eigenvalue weighted by atomic mass is 16.6. The van der Waals surface area contributed by atoms with E-state index in [0.29, 0.717) is 38.4 Å². The number of nitro groups is 1. The van der Waals surface area contributed by atoms with Crippen LogP contribution in [0, 0.1) is 24.0 Å². The van der Waals surface area contributed by atoms with E-state index in [1.54, 1.807) is 12.1 Å². The summed E-state index contributed by atoms with van der Waals surface area (Å²) in [5, 5.41) is 11.0. The van der Waals surface area contributed by atoms with Gasteiger partial charge in [-0.1, -0.05) is 37.6 Å². The van der Waals surface area contributed by atoms with E-state index >= 15 is 0 Å². The first-order chi connectivity index (χ1) is 17.4. The summed E-state index contributed by atoms with van der Waals surface area (Å²) in [6, 6.07) is 14.6. The molecule has 8 heteroatoms. The number of carbonyl (C=O) groups is 1. The summed E-state index contributed by atoms with van der Waals surface area (Å²) in [4.78, 5) is 37.2. The molecule has 1 aliphatic rings. The molecule has 188 valence electrons. The van der Waals surface area contributed by atoms with Crippen LogP contribution in [0.2, 0.25) is 0 Å². The molecular weight excluding hydrogens is 454 g/mol. The Morgan fingerprint density at radius 1 is 0.944 bits per heavy atom. The van der Waals surface area contributed by atoms with Gasteiger partial charge in [0, 0.05) is 61.6 Å². The fourth-order valence-electron chi connectivity index (χ4n) is 4.62. The van der Waals surface area contributed by atoms with Crippen molar-refractivity contribution in [3.8, 4) is 0 Å². The quantitative estimate of drug-likeness (QED) is 0.332. The molecule has 0 unspecified atom stereocenters. The number of hydrogen-bond acceptors (Lipinski definition) is 6. The van der Waals surface area contributed by atoms with Gasteiger partial charge in [0.05, 0.1) is 4.92 Å². The smallest absolute Gasteiger partial charge is 0.269 e. The summed E-state index contributed by atoms with van der Waals surface area (Å²) in [7, 11) is 0. The van der Waals surface area contributed by atoms with Crippen molar-refractivity contribution in [2.45, 2.75) is 46.5 Å². The van der Waals surface area contributed by atoms with Crippen LogP contribution >= 0.6 is 0 Å². The van der Waals surface area contributed by atoms with Crippen molar-refractivity contribution in [1.29, 1.82) is 0 Å². The molecule has 2 aromatic carbocycles. The number of carbonyl (C=O) groups excluding carboxylic acids is 1. The highest BCUT2D eigenvalue weighted by Crippen LogP contribution is 2.26. The number of aromatic nitrogens is 2. The zero-order valence-corrected chi connectivity index (χ0v) is 21.2. The summed E-state index contributed by atoms with van der Waals surface area (Å²) in [6.45, 7) is 8.65. The van der Waals surface area contributed by atoms with Gasteiger partial charge in [-0.25, -0.2) is 9.97 Å². The third-order valence-electron chi connectivity index (χ3n) is 6.72. The molecule has 4 rings (SSSR count). The second kappa shape index (κ2) is 11.3. The molecule has 0 spiro atoms. The van der Waals surface area contributed by atoms with E-state index in [2.05, 4.69) is 28.9 Å². The minimum absolute atomic E-state index is 0.0674. The van der Waals surface area contributed by atoms with Crippen LogP contribution in [-0.2, 0) is 12.8 Å². The Hall–Kier alpha value is -3.81. The lowest BCUT2D eigenvalue weighted by molar-refractivity contribution is -0.384. The number of rotatable bonds is 8. The van der Waals surface area contributed by atoms with Gasteiger partial charge in [-0.05, 0) is 49.9 Å². The number of unbranched alkanes of at least 4 members (excludes halogenated alkanes) is 1. The maximum absolute atomic E-state index is 13.1. The van der Waals surface area contributed by atoms with Crippen molar-refractivity contribution in [3.05, 3.63) is 92.4 Å². The first-order valence-electron chi connectivity index (χ1n) is 12.6. The summed E-state index contributed by atoms with van der Waals surface area (Å²) in [5.74, 6) is 1.65. The van der Waals surface area contributed by atoms with Crippen LogP contribution < -0.4 is 4.90 Å². The van der Waals surface area contributed by atoms with E-state index in [-0.39, 0.29) is 11.6 Å². The van der Waals surface area contributed by atoms with E-state index in [1.807, 2.05) is 30.9 Å². The maximum Gasteiger partial charge on any atom is 0.269 e. The minimum Gasteiger partial charge on any atom is -0.353 e. The number of nitrogens with zero attached hydrogens (tertiary/aromatic N) is 5. The first-order valence-corrected chi connectivity index (χ1v) is 12.6. The average molecular weight is 488 g/mol. The van der Waals surface area contributed by atoms with Crippen LogP contribution in [0.3, 0.4) is 0 Å². The molecule has 0 N–H and O–H groups in total. The Morgan fingerprint density at radius 3 is 2.19 bits per heavy atom. The molecule has 3 aromatic rings. The van der Waals surface area contributed by atoms with Gasteiger partial charge in [0.1, 0.15) is 11.6 Å². The molecule has 0 saturated carbocycles. The zero-order chi connectivity index (χ0) is 25.7. The maximum atomic E-state index is 13.1. The number of aryl methyl sites for hydroxylation is 3.